The zero-order valence-electron chi connectivity index (χ0n) is 16.2. The molecular formula is C20H27N5O2. The summed E-state index contributed by atoms with van der Waals surface area (Å²) < 4.78 is 1.64. The van der Waals surface area contributed by atoms with Crippen molar-refractivity contribution in [2.75, 3.05) is 32.7 Å². The quantitative estimate of drug-likeness (QED) is 0.857. The maximum Gasteiger partial charge on any atom is 0.272 e. The topological polar surface area (TPSA) is 70.5 Å². The van der Waals surface area contributed by atoms with E-state index in [0.29, 0.717) is 18.8 Å². The Bertz CT molecular complexity index is 802. The Morgan fingerprint density at radius 2 is 1.81 bits per heavy atom. The Morgan fingerprint density at radius 3 is 2.44 bits per heavy atom. The van der Waals surface area contributed by atoms with Gasteiger partial charge in [0.25, 0.3) is 5.91 Å². The number of rotatable bonds is 5. The van der Waals surface area contributed by atoms with Crippen LogP contribution in [0.1, 0.15) is 27.3 Å². The van der Waals surface area contributed by atoms with Crippen LogP contribution in [0.15, 0.2) is 30.3 Å². The van der Waals surface area contributed by atoms with E-state index in [2.05, 4.69) is 46.5 Å². The Labute approximate surface area is 159 Å². The first-order valence-corrected chi connectivity index (χ1v) is 9.27. The summed E-state index contributed by atoms with van der Waals surface area (Å²) in [5.41, 5.74) is 3.86. The Morgan fingerprint density at radius 1 is 1.11 bits per heavy atom. The molecule has 2 heterocycles. The molecular weight excluding hydrogens is 342 g/mol. The Balaban J connectivity index is 1.44. The van der Waals surface area contributed by atoms with Crippen LogP contribution in [-0.4, -0.2) is 64.1 Å². The van der Waals surface area contributed by atoms with Crippen LogP contribution in [0.4, 0.5) is 0 Å². The summed E-state index contributed by atoms with van der Waals surface area (Å²) in [7, 11) is 1.79. The summed E-state index contributed by atoms with van der Waals surface area (Å²) >= 11 is 0. The van der Waals surface area contributed by atoms with Crippen molar-refractivity contribution >= 4 is 11.8 Å². The van der Waals surface area contributed by atoms with E-state index >= 15 is 0 Å². The van der Waals surface area contributed by atoms with Crippen LogP contribution in [-0.2, 0) is 18.4 Å². The van der Waals surface area contributed by atoms with Crippen molar-refractivity contribution in [3.63, 3.8) is 0 Å². The van der Waals surface area contributed by atoms with Crippen LogP contribution < -0.4 is 5.32 Å². The molecule has 0 atom stereocenters. The zero-order chi connectivity index (χ0) is 19.4. The fourth-order valence-electron chi connectivity index (χ4n) is 3.21. The molecule has 7 nitrogen and oxygen atoms in total. The summed E-state index contributed by atoms with van der Waals surface area (Å²) in [6, 6.07) is 10.1. The average Bonchev–Trinajstić information content (AvgIpc) is 3.01. The maximum atomic E-state index is 12.4. The molecule has 3 rings (SSSR count). The van der Waals surface area contributed by atoms with Gasteiger partial charge in [0.05, 0.1) is 6.54 Å². The number of hydrogen-bond acceptors (Lipinski definition) is 4. The number of hydrogen-bond donors (Lipinski definition) is 1. The normalized spacial score (nSPS) is 15.0. The molecule has 1 aliphatic heterocycles. The second-order valence-corrected chi connectivity index (χ2v) is 7.06. The SMILES string of the molecule is Cc1ccccc1CN1CCN(C(=O)CNC(=O)c2cc(C)n(C)n2)CC1. The fraction of sp³-hybridized carbons (Fsp3) is 0.450. The molecule has 0 spiro atoms. The lowest BCUT2D eigenvalue weighted by atomic mass is 10.1. The van der Waals surface area contributed by atoms with Crippen LogP contribution in [0.3, 0.4) is 0 Å². The number of nitrogens with zero attached hydrogens (tertiary/aromatic N) is 4. The third-order valence-electron chi connectivity index (χ3n) is 5.13. The largest absolute Gasteiger partial charge is 0.342 e. The molecule has 0 bridgehead atoms. The highest BCUT2D eigenvalue weighted by molar-refractivity contribution is 5.94. The lowest BCUT2D eigenvalue weighted by Crippen LogP contribution is -2.50. The zero-order valence-corrected chi connectivity index (χ0v) is 16.2. The first kappa shape index (κ1) is 19.1. The van der Waals surface area contributed by atoms with E-state index < -0.39 is 0 Å². The molecule has 0 radical (unpaired) electrons. The summed E-state index contributed by atoms with van der Waals surface area (Å²) in [5, 5.41) is 6.81. The smallest absolute Gasteiger partial charge is 0.272 e. The lowest BCUT2D eigenvalue weighted by Gasteiger charge is -2.35. The van der Waals surface area contributed by atoms with Crippen molar-refractivity contribution in [2.45, 2.75) is 20.4 Å². The number of benzene rings is 1. The summed E-state index contributed by atoms with van der Waals surface area (Å²) in [4.78, 5) is 28.7. The third kappa shape index (κ3) is 4.74. The highest BCUT2D eigenvalue weighted by atomic mass is 16.2. The first-order chi connectivity index (χ1) is 12.9. The van der Waals surface area contributed by atoms with Gasteiger partial charge in [0, 0.05) is 45.5 Å². The van der Waals surface area contributed by atoms with E-state index in [9.17, 15) is 9.59 Å². The van der Waals surface area contributed by atoms with Crippen LogP contribution in [0.5, 0.6) is 0 Å². The molecule has 0 unspecified atom stereocenters. The van der Waals surface area contributed by atoms with E-state index in [1.807, 2.05) is 11.8 Å². The molecule has 1 aliphatic rings. The summed E-state index contributed by atoms with van der Waals surface area (Å²) in [6.45, 7) is 7.97. The van der Waals surface area contributed by atoms with Gasteiger partial charge in [-0.05, 0) is 31.0 Å². The van der Waals surface area contributed by atoms with E-state index in [4.69, 9.17) is 0 Å². The maximum absolute atomic E-state index is 12.4. The standard InChI is InChI=1S/C20H27N5O2/c1-15-6-4-5-7-17(15)14-24-8-10-25(11-9-24)19(26)13-21-20(27)18-12-16(2)23(3)22-18/h4-7,12H,8-11,13-14H2,1-3H3,(H,21,27). The van der Waals surface area contributed by atoms with E-state index in [-0.39, 0.29) is 18.4 Å². The van der Waals surface area contributed by atoms with Gasteiger partial charge in [-0.1, -0.05) is 24.3 Å². The number of carbonyl (C=O) groups is 2. The molecule has 1 fully saturated rings. The number of aryl methyl sites for hydroxylation is 3. The molecule has 1 saturated heterocycles. The minimum absolute atomic E-state index is 0.00620. The van der Waals surface area contributed by atoms with Crippen molar-refractivity contribution in [3.8, 4) is 0 Å². The van der Waals surface area contributed by atoms with Gasteiger partial charge in [-0.3, -0.25) is 19.2 Å². The fourth-order valence-corrected chi connectivity index (χ4v) is 3.21. The highest BCUT2D eigenvalue weighted by Gasteiger charge is 2.22. The van der Waals surface area contributed by atoms with Gasteiger partial charge in [0.2, 0.25) is 5.91 Å². The van der Waals surface area contributed by atoms with Crippen molar-refractivity contribution in [1.82, 2.24) is 24.9 Å². The molecule has 0 saturated carbocycles. The molecule has 7 heteroatoms. The second-order valence-electron chi connectivity index (χ2n) is 7.06. The van der Waals surface area contributed by atoms with Crippen molar-refractivity contribution in [3.05, 3.63) is 52.8 Å². The van der Waals surface area contributed by atoms with E-state index in [1.165, 1.54) is 11.1 Å². The van der Waals surface area contributed by atoms with Gasteiger partial charge < -0.3 is 10.2 Å². The van der Waals surface area contributed by atoms with Gasteiger partial charge in [0.15, 0.2) is 0 Å². The molecule has 1 N–H and O–H groups in total. The van der Waals surface area contributed by atoms with Crippen LogP contribution >= 0.6 is 0 Å². The van der Waals surface area contributed by atoms with Gasteiger partial charge in [-0.2, -0.15) is 5.10 Å². The predicted molar refractivity (Wildman–Crippen MR) is 103 cm³/mol. The number of carbonyl (C=O) groups excluding carboxylic acids is 2. The second kappa shape index (κ2) is 8.35. The third-order valence-corrected chi connectivity index (χ3v) is 5.13. The first-order valence-electron chi connectivity index (χ1n) is 9.27. The van der Waals surface area contributed by atoms with Crippen molar-refractivity contribution in [1.29, 1.82) is 0 Å². The van der Waals surface area contributed by atoms with E-state index in [0.717, 1.165) is 25.3 Å². The lowest BCUT2D eigenvalue weighted by molar-refractivity contribution is -0.131. The van der Waals surface area contributed by atoms with Gasteiger partial charge >= 0.3 is 0 Å². The summed E-state index contributed by atoms with van der Waals surface area (Å²) in [6.07, 6.45) is 0. The number of aromatic nitrogens is 2. The average molecular weight is 369 g/mol. The molecule has 27 heavy (non-hydrogen) atoms. The molecule has 144 valence electrons. The molecule has 1 aromatic carbocycles. The van der Waals surface area contributed by atoms with Gasteiger partial charge in [0.1, 0.15) is 5.69 Å². The highest BCUT2D eigenvalue weighted by Crippen LogP contribution is 2.12. The van der Waals surface area contributed by atoms with Crippen molar-refractivity contribution < 1.29 is 9.59 Å². The number of piperazine rings is 1. The van der Waals surface area contributed by atoms with Gasteiger partial charge in [-0.15, -0.1) is 0 Å². The molecule has 2 amide bonds. The minimum Gasteiger partial charge on any atom is -0.342 e. The minimum atomic E-state index is -0.315. The number of amides is 2. The molecule has 1 aromatic heterocycles. The van der Waals surface area contributed by atoms with Gasteiger partial charge in [-0.25, -0.2) is 0 Å². The molecule has 0 aliphatic carbocycles. The number of nitrogens with one attached hydrogen (secondary N) is 1. The van der Waals surface area contributed by atoms with Crippen LogP contribution in [0.25, 0.3) is 0 Å². The van der Waals surface area contributed by atoms with Crippen LogP contribution in [0, 0.1) is 13.8 Å². The Hall–Kier alpha value is -2.67. The summed E-state index contributed by atoms with van der Waals surface area (Å²) in [5.74, 6) is -0.364. The van der Waals surface area contributed by atoms with Crippen LogP contribution in [0.2, 0.25) is 0 Å². The Kier molecular flexibility index (Phi) is 5.91. The van der Waals surface area contributed by atoms with E-state index in [1.54, 1.807) is 17.8 Å². The molecule has 2 aromatic rings. The predicted octanol–water partition coefficient (Wildman–Crippen LogP) is 1.11. The van der Waals surface area contributed by atoms with Crippen molar-refractivity contribution in [2.24, 2.45) is 7.05 Å². The monoisotopic (exact) mass is 369 g/mol.